The first-order chi connectivity index (χ1) is 8.69. The van der Waals surface area contributed by atoms with Gasteiger partial charge >= 0.3 is 7.12 Å². The standard InChI is InChI=1S/C13H17BFIO3/c1-12(2)13(3,4)19-14(18-12)8-6-7-9(16)11(17-5)10(8)15/h6-7H,1-5H3. The number of hydrogen-bond donors (Lipinski definition) is 0. The van der Waals surface area contributed by atoms with Gasteiger partial charge in [-0.15, -0.1) is 0 Å². The third-order valence-corrected chi connectivity index (χ3v) is 4.64. The van der Waals surface area contributed by atoms with Gasteiger partial charge in [0.05, 0.1) is 21.9 Å². The van der Waals surface area contributed by atoms with Gasteiger partial charge in [0.15, 0.2) is 11.6 Å². The summed E-state index contributed by atoms with van der Waals surface area (Å²) in [7, 11) is 0.741. The van der Waals surface area contributed by atoms with Crippen molar-refractivity contribution in [2.24, 2.45) is 0 Å². The van der Waals surface area contributed by atoms with Gasteiger partial charge in [-0.3, -0.25) is 0 Å². The van der Waals surface area contributed by atoms with Crippen LogP contribution in [-0.4, -0.2) is 25.4 Å². The molecule has 1 aromatic carbocycles. The summed E-state index contributed by atoms with van der Waals surface area (Å²) in [6.07, 6.45) is 0. The highest BCUT2D eigenvalue weighted by atomic mass is 127. The maximum atomic E-state index is 14.4. The molecule has 1 fully saturated rings. The zero-order chi connectivity index (χ0) is 14.4. The molecule has 1 aromatic rings. The van der Waals surface area contributed by atoms with Crippen LogP contribution in [0.3, 0.4) is 0 Å². The van der Waals surface area contributed by atoms with Gasteiger partial charge in [0.25, 0.3) is 0 Å². The van der Waals surface area contributed by atoms with E-state index < -0.39 is 24.1 Å². The first kappa shape index (κ1) is 15.1. The highest BCUT2D eigenvalue weighted by Gasteiger charge is 2.52. The topological polar surface area (TPSA) is 27.7 Å². The lowest BCUT2D eigenvalue weighted by atomic mass is 9.78. The number of ether oxygens (including phenoxy) is 1. The Bertz CT molecular complexity index is 489. The van der Waals surface area contributed by atoms with Gasteiger partial charge in [0.1, 0.15) is 0 Å². The Kier molecular flexibility index (Phi) is 3.88. The molecule has 0 bridgehead atoms. The first-order valence-electron chi connectivity index (χ1n) is 6.07. The quantitative estimate of drug-likeness (QED) is 0.586. The molecule has 0 aliphatic carbocycles. The molecule has 1 aliphatic rings. The second-order valence-electron chi connectivity index (χ2n) is 5.57. The van der Waals surface area contributed by atoms with Crippen molar-refractivity contribution >= 4 is 35.2 Å². The molecule has 0 atom stereocenters. The maximum absolute atomic E-state index is 14.4. The van der Waals surface area contributed by atoms with Crippen LogP contribution in [0.2, 0.25) is 0 Å². The van der Waals surface area contributed by atoms with E-state index in [0.717, 1.165) is 3.57 Å². The molecule has 104 valence electrons. The van der Waals surface area contributed by atoms with E-state index >= 15 is 0 Å². The van der Waals surface area contributed by atoms with Gasteiger partial charge in [-0.1, -0.05) is 6.07 Å². The van der Waals surface area contributed by atoms with Crippen LogP contribution in [0.15, 0.2) is 12.1 Å². The molecule has 3 nitrogen and oxygen atoms in total. The van der Waals surface area contributed by atoms with Crippen molar-refractivity contribution in [2.45, 2.75) is 38.9 Å². The second kappa shape index (κ2) is 4.89. The van der Waals surface area contributed by atoms with Crippen LogP contribution in [0.25, 0.3) is 0 Å². The lowest BCUT2D eigenvalue weighted by molar-refractivity contribution is 0.00578. The number of halogens is 2. The fourth-order valence-corrected chi connectivity index (χ4v) is 2.52. The highest BCUT2D eigenvalue weighted by molar-refractivity contribution is 14.1. The average molecular weight is 378 g/mol. The SMILES string of the molecule is COc1c(I)ccc(B2OC(C)(C)C(C)(C)O2)c1F. The van der Waals surface area contributed by atoms with Gasteiger partial charge in [-0.05, 0) is 56.4 Å². The third-order valence-electron chi connectivity index (χ3n) is 3.79. The van der Waals surface area contributed by atoms with Crippen molar-refractivity contribution < 1.29 is 18.4 Å². The fourth-order valence-electron chi connectivity index (χ4n) is 1.89. The Morgan fingerprint density at radius 2 is 1.68 bits per heavy atom. The minimum atomic E-state index is -0.712. The van der Waals surface area contributed by atoms with Crippen molar-refractivity contribution in [1.82, 2.24) is 0 Å². The number of rotatable bonds is 2. The smallest absolute Gasteiger partial charge is 0.493 e. The van der Waals surface area contributed by atoms with E-state index in [2.05, 4.69) is 0 Å². The van der Waals surface area contributed by atoms with Crippen molar-refractivity contribution in [3.63, 3.8) is 0 Å². The predicted molar refractivity (Wildman–Crippen MR) is 81.4 cm³/mol. The summed E-state index contributed by atoms with van der Waals surface area (Å²) in [4.78, 5) is 0. The van der Waals surface area contributed by atoms with E-state index in [0.29, 0.717) is 5.46 Å². The third kappa shape index (κ3) is 2.50. The van der Waals surface area contributed by atoms with Crippen LogP contribution in [0, 0.1) is 9.39 Å². The van der Waals surface area contributed by atoms with Gasteiger partial charge in [-0.2, -0.15) is 0 Å². The van der Waals surface area contributed by atoms with E-state index in [9.17, 15) is 4.39 Å². The van der Waals surface area contributed by atoms with E-state index in [1.165, 1.54) is 7.11 Å². The lowest BCUT2D eigenvalue weighted by Gasteiger charge is -2.32. The van der Waals surface area contributed by atoms with E-state index in [1.54, 1.807) is 12.1 Å². The van der Waals surface area contributed by atoms with Crippen LogP contribution in [-0.2, 0) is 9.31 Å². The Labute approximate surface area is 127 Å². The maximum Gasteiger partial charge on any atom is 0.498 e. The monoisotopic (exact) mass is 378 g/mol. The molecular formula is C13H17BFIO3. The van der Waals surface area contributed by atoms with E-state index in [-0.39, 0.29) is 5.75 Å². The summed E-state index contributed by atoms with van der Waals surface area (Å²) in [5.41, 5.74) is -0.600. The van der Waals surface area contributed by atoms with Crippen LogP contribution in [0.5, 0.6) is 5.75 Å². The summed E-state index contributed by atoms with van der Waals surface area (Å²) in [6, 6.07) is 3.48. The first-order valence-corrected chi connectivity index (χ1v) is 7.15. The van der Waals surface area contributed by atoms with E-state index in [1.807, 2.05) is 50.3 Å². The number of methoxy groups -OCH3 is 1. The van der Waals surface area contributed by atoms with Crippen LogP contribution in [0.4, 0.5) is 4.39 Å². The molecule has 1 saturated heterocycles. The molecule has 19 heavy (non-hydrogen) atoms. The molecule has 0 saturated carbocycles. The molecule has 2 rings (SSSR count). The normalized spacial score (nSPS) is 20.7. The summed E-state index contributed by atoms with van der Waals surface area (Å²) >= 11 is 2.03. The van der Waals surface area contributed by atoms with Gasteiger partial charge in [-0.25, -0.2) is 4.39 Å². The molecule has 0 spiro atoms. The van der Waals surface area contributed by atoms with E-state index in [4.69, 9.17) is 14.0 Å². The molecular weight excluding hydrogens is 361 g/mol. The minimum Gasteiger partial charge on any atom is -0.493 e. The van der Waals surface area contributed by atoms with Crippen molar-refractivity contribution in [1.29, 1.82) is 0 Å². The van der Waals surface area contributed by atoms with Gasteiger partial charge in [0.2, 0.25) is 0 Å². The van der Waals surface area contributed by atoms with Crippen molar-refractivity contribution in [2.75, 3.05) is 7.11 Å². The zero-order valence-electron chi connectivity index (χ0n) is 11.7. The van der Waals surface area contributed by atoms with Crippen LogP contribution >= 0.6 is 22.6 Å². The Balaban J connectivity index is 2.40. The average Bonchev–Trinajstić information content (AvgIpc) is 2.48. The predicted octanol–water partition coefficient (Wildman–Crippen LogP) is 2.74. The Hall–Kier alpha value is -0.335. The molecule has 0 unspecified atom stereocenters. The molecule has 0 amide bonds. The Morgan fingerprint density at radius 1 is 1.16 bits per heavy atom. The lowest BCUT2D eigenvalue weighted by Crippen LogP contribution is -2.41. The molecule has 6 heteroatoms. The molecule has 1 aliphatic heterocycles. The summed E-state index contributed by atoms with van der Waals surface area (Å²) in [5, 5.41) is 0. The van der Waals surface area contributed by atoms with Gasteiger partial charge < -0.3 is 14.0 Å². The second-order valence-corrected chi connectivity index (χ2v) is 6.73. The minimum absolute atomic E-state index is 0.229. The molecule has 0 aromatic heterocycles. The molecule has 0 radical (unpaired) electrons. The van der Waals surface area contributed by atoms with Gasteiger partial charge in [0, 0.05) is 5.46 Å². The number of benzene rings is 1. The van der Waals surface area contributed by atoms with Crippen molar-refractivity contribution in [3.05, 3.63) is 21.5 Å². The summed E-state index contributed by atoms with van der Waals surface area (Å²) in [6.45, 7) is 7.76. The number of hydrogen-bond acceptors (Lipinski definition) is 3. The van der Waals surface area contributed by atoms with Crippen LogP contribution < -0.4 is 10.2 Å². The molecule has 0 N–H and O–H groups in total. The summed E-state index contributed by atoms with van der Waals surface area (Å²) in [5.74, 6) is -0.194. The highest BCUT2D eigenvalue weighted by Crippen LogP contribution is 2.37. The zero-order valence-corrected chi connectivity index (χ0v) is 13.9. The van der Waals surface area contributed by atoms with Crippen molar-refractivity contribution in [3.8, 4) is 5.75 Å². The largest absolute Gasteiger partial charge is 0.498 e. The molecule has 1 heterocycles. The fraction of sp³-hybridized carbons (Fsp3) is 0.538. The van der Waals surface area contributed by atoms with Crippen LogP contribution in [0.1, 0.15) is 27.7 Å². The summed E-state index contributed by atoms with van der Waals surface area (Å²) < 4.78 is 31.9. The Morgan fingerprint density at radius 3 is 2.16 bits per heavy atom.